The van der Waals surface area contributed by atoms with Crippen molar-refractivity contribution in [3.8, 4) is 0 Å². The van der Waals surface area contributed by atoms with Gasteiger partial charge >= 0.3 is 5.97 Å². The van der Waals surface area contributed by atoms with Gasteiger partial charge in [0.25, 0.3) is 0 Å². The monoisotopic (exact) mass is 498 g/mol. The Kier molecular flexibility index (Phi) is 6.18. The van der Waals surface area contributed by atoms with E-state index in [0.717, 1.165) is 44.1 Å². The molecule has 202 valence electrons. The number of hydrogen-bond acceptors (Lipinski definition) is 4. The number of carbonyl (C=O) groups excluding carboxylic acids is 2. The largest absolute Gasteiger partial charge is 0.461 e. The van der Waals surface area contributed by atoms with Gasteiger partial charge in [0, 0.05) is 25.4 Å². The van der Waals surface area contributed by atoms with Gasteiger partial charge in [-0.2, -0.15) is 0 Å². The Labute approximate surface area is 219 Å². The fourth-order valence-corrected chi connectivity index (χ4v) is 11.6. The minimum atomic E-state index is -0.247. The number of ketones is 1. The fraction of sp³-hybridized carbons (Fsp3) is 0.875. The van der Waals surface area contributed by atoms with Crippen LogP contribution in [0.4, 0.5) is 0 Å². The zero-order chi connectivity index (χ0) is 26.3. The Morgan fingerprint density at radius 2 is 1.67 bits per heavy atom. The lowest BCUT2D eigenvalue weighted by Gasteiger charge is -2.72. The Morgan fingerprint density at radius 1 is 0.944 bits per heavy atom. The second-order valence-corrected chi connectivity index (χ2v) is 14.9. The molecule has 0 bridgehead atoms. The number of carbonyl (C=O) groups is 2. The van der Waals surface area contributed by atoms with Gasteiger partial charge in [-0.05, 0) is 115 Å². The average molecular weight is 499 g/mol. The molecule has 0 aromatic rings. The highest BCUT2D eigenvalue weighted by molar-refractivity contribution is 5.85. The molecule has 0 saturated heterocycles. The molecule has 4 heteroatoms. The van der Waals surface area contributed by atoms with Crippen LogP contribution in [0.25, 0.3) is 0 Å². The van der Waals surface area contributed by atoms with Crippen LogP contribution in [-0.4, -0.2) is 30.1 Å². The summed E-state index contributed by atoms with van der Waals surface area (Å²) in [5.41, 5.74) is 1.49. The molecule has 36 heavy (non-hydrogen) atoms. The van der Waals surface area contributed by atoms with Gasteiger partial charge in [0.05, 0.1) is 0 Å². The summed E-state index contributed by atoms with van der Waals surface area (Å²) in [6.45, 7) is 18.7. The van der Waals surface area contributed by atoms with Gasteiger partial charge in [0.2, 0.25) is 0 Å². The number of hydrogen-bond donors (Lipinski definition) is 1. The van der Waals surface area contributed by atoms with Gasteiger partial charge in [-0.25, -0.2) is 0 Å². The summed E-state index contributed by atoms with van der Waals surface area (Å²) >= 11 is 0. The lowest BCUT2D eigenvalue weighted by Crippen LogP contribution is -2.66. The van der Waals surface area contributed by atoms with Crippen molar-refractivity contribution in [2.24, 2.45) is 56.7 Å². The third kappa shape index (κ3) is 3.34. The summed E-state index contributed by atoms with van der Waals surface area (Å²) in [4.78, 5) is 24.5. The Hall–Kier alpha value is -1.16. The first-order valence-corrected chi connectivity index (χ1v) is 14.7. The van der Waals surface area contributed by atoms with E-state index in [2.05, 4.69) is 41.2 Å². The second kappa shape index (κ2) is 8.42. The van der Waals surface area contributed by atoms with Gasteiger partial charge in [-0.3, -0.25) is 9.59 Å². The molecule has 4 unspecified atom stereocenters. The van der Waals surface area contributed by atoms with Gasteiger partial charge in [0.15, 0.2) is 0 Å². The minimum Gasteiger partial charge on any atom is -0.461 e. The van der Waals surface area contributed by atoms with Crippen molar-refractivity contribution >= 4 is 11.8 Å². The Bertz CT molecular complexity index is 952. The first-order valence-electron chi connectivity index (χ1n) is 14.7. The molecule has 0 heterocycles. The summed E-state index contributed by atoms with van der Waals surface area (Å²) in [6.07, 6.45) is 11.0. The Balaban J connectivity index is 1.50. The molecule has 1 N–H and O–H groups in total. The maximum atomic E-state index is 13.0. The number of ether oxygens (including phenoxy) is 1. The van der Waals surface area contributed by atoms with E-state index in [4.69, 9.17) is 4.74 Å². The van der Waals surface area contributed by atoms with E-state index in [1.807, 2.05) is 0 Å². The molecule has 0 radical (unpaired) electrons. The summed E-state index contributed by atoms with van der Waals surface area (Å²) < 4.78 is 5.40. The fourth-order valence-electron chi connectivity index (χ4n) is 11.6. The predicted octanol–water partition coefficient (Wildman–Crippen LogP) is 6.75. The van der Waals surface area contributed by atoms with E-state index in [1.165, 1.54) is 32.6 Å². The smallest absolute Gasteiger partial charge is 0.302 e. The standard InChI is InChI=1S/C32H50O4/c1-20(18-36-21(2)34)22-10-15-32(19-33)17-16-30(6)23(27(22)32)8-9-25-29(5)13-12-26(35)28(3,4)24(29)11-14-31(25,30)7/h22-25,27,33H,1,8-19H2,2-7H3/t22-,23?,24?,25?,27?,29-,30+,31+,32+/m0/s1. The van der Waals surface area contributed by atoms with Crippen molar-refractivity contribution in [3.63, 3.8) is 0 Å². The maximum absolute atomic E-state index is 13.0. The van der Waals surface area contributed by atoms with E-state index in [1.54, 1.807) is 0 Å². The molecular weight excluding hydrogens is 448 g/mol. The number of Topliss-reactive ketones (excluding diaryl/α,β-unsaturated/α-hetero) is 1. The normalized spacial score (nSPS) is 49.3. The summed E-state index contributed by atoms with van der Waals surface area (Å²) in [5, 5.41) is 10.8. The van der Waals surface area contributed by atoms with Crippen LogP contribution in [0.2, 0.25) is 0 Å². The van der Waals surface area contributed by atoms with Gasteiger partial charge in [-0.15, -0.1) is 0 Å². The molecule has 5 saturated carbocycles. The lowest BCUT2D eigenvalue weighted by molar-refractivity contribution is -0.236. The molecule has 0 aliphatic heterocycles. The third-order valence-corrected chi connectivity index (χ3v) is 13.7. The van der Waals surface area contributed by atoms with Crippen LogP contribution in [0.1, 0.15) is 106 Å². The number of esters is 1. The van der Waals surface area contributed by atoms with Crippen LogP contribution < -0.4 is 0 Å². The van der Waals surface area contributed by atoms with Crippen molar-refractivity contribution in [1.29, 1.82) is 0 Å². The molecule has 0 aromatic carbocycles. The number of aliphatic hydroxyl groups is 1. The average Bonchev–Trinajstić information content (AvgIpc) is 3.21. The quantitative estimate of drug-likeness (QED) is 0.344. The predicted molar refractivity (Wildman–Crippen MR) is 142 cm³/mol. The maximum Gasteiger partial charge on any atom is 0.302 e. The van der Waals surface area contributed by atoms with Crippen LogP contribution in [0.5, 0.6) is 0 Å². The van der Waals surface area contributed by atoms with E-state index in [9.17, 15) is 14.7 Å². The molecular formula is C32H50O4. The van der Waals surface area contributed by atoms with Gasteiger partial charge in [-0.1, -0.05) is 41.2 Å². The summed E-state index contributed by atoms with van der Waals surface area (Å²) in [7, 11) is 0. The SMILES string of the molecule is C=C(COC(C)=O)[C@@H]1CC[C@]2(CO)CC[C@]3(C)C(CCC4[C@@]5(C)CCC(=O)C(C)(C)C5CC[C@]43C)C12. The van der Waals surface area contributed by atoms with Crippen molar-refractivity contribution in [3.05, 3.63) is 12.2 Å². The zero-order valence-electron chi connectivity index (χ0n) is 23.8. The molecule has 5 aliphatic rings. The van der Waals surface area contributed by atoms with Crippen LogP contribution >= 0.6 is 0 Å². The van der Waals surface area contributed by atoms with Crippen molar-refractivity contribution in [2.45, 2.75) is 106 Å². The molecule has 0 aromatic heterocycles. The van der Waals surface area contributed by atoms with Crippen molar-refractivity contribution in [1.82, 2.24) is 0 Å². The van der Waals surface area contributed by atoms with Crippen LogP contribution in [0.15, 0.2) is 12.2 Å². The third-order valence-electron chi connectivity index (χ3n) is 13.7. The van der Waals surface area contributed by atoms with Crippen molar-refractivity contribution < 1.29 is 19.4 Å². The first-order chi connectivity index (χ1) is 16.8. The molecule has 0 spiro atoms. The molecule has 0 amide bonds. The number of rotatable bonds is 4. The van der Waals surface area contributed by atoms with Gasteiger partial charge in [0.1, 0.15) is 12.4 Å². The highest BCUT2D eigenvalue weighted by Crippen LogP contribution is 2.77. The first kappa shape index (κ1) is 26.4. The van der Waals surface area contributed by atoms with Crippen molar-refractivity contribution in [2.75, 3.05) is 13.2 Å². The molecule has 5 rings (SSSR count). The van der Waals surface area contributed by atoms with E-state index in [0.29, 0.717) is 42.0 Å². The van der Waals surface area contributed by atoms with E-state index in [-0.39, 0.29) is 39.7 Å². The summed E-state index contributed by atoms with van der Waals surface area (Å²) in [5.74, 6) is 2.63. The zero-order valence-corrected chi connectivity index (χ0v) is 23.8. The molecule has 9 atom stereocenters. The summed E-state index contributed by atoms with van der Waals surface area (Å²) in [6, 6.07) is 0. The van der Waals surface area contributed by atoms with Crippen LogP contribution in [-0.2, 0) is 14.3 Å². The van der Waals surface area contributed by atoms with Gasteiger partial charge < -0.3 is 9.84 Å². The Morgan fingerprint density at radius 3 is 2.33 bits per heavy atom. The highest BCUT2D eigenvalue weighted by Gasteiger charge is 2.70. The molecule has 5 aliphatic carbocycles. The number of fused-ring (bicyclic) bond motifs is 7. The molecule has 4 nitrogen and oxygen atoms in total. The number of aliphatic hydroxyl groups excluding tert-OH is 1. The van der Waals surface area contributed by atoms with E-state index < -0.39 is 0 Å². The second-order valence-electron chi connectivity index (χ2n) is 14.9. The van der Waals surface area contributed by atoms with Crippen LogP contribution in [0.3, 0.4) is 0 Å². The molecule has 5 fully saturated rings. The van der Waals surface area contributed by atoms with E-state index >= 15 is 0 Å². The van der Waals surface area contributed by atoms with Crippen LogP contribution in [0, 0.1) is 56.7 Å². The minimum absolute atomic E-state index is 0.0163. The lowest BCUT2D eigenvalue weighted by atomic mass is 9.32. The highest BCUT2D eigenvalue weighted by atomic mass is 16.5. The topological polar surface area (TPSA) is 63.6 Å².